The first-order chi connectivity index (χ1) is 7.93. The molecular formula is C10H14N2O4S. The van der Waals surface area contributed by atoms with Crippen molar-refractivity contribution >= 4 is 21.6 Å². The molecule has 0 spiro atoms. The van der Waals surface area contributed by atoms with Crippen molar-refractivity contribution < 1.29 is 18.3 Å². The van der Waals surface area contributed by atoms with Crippen molar-refractivity contribution in [2.45, 2.75) is 17.7 Å². The number of aliphatic hydroxyl groups is 1. The van der Waals surface area contributed by atoms with Crippen LogP contribution >= 0.6 is 0 Å². The lowest BCUT2D eigenvalue weighted by Crippen LogP contribution is -2.13. The van der Waals surface area contributed by atoms with Gasteiger partial charge in [0.2, 0.25) is 15.9 Å². The van der Waals surface area contributed by atoms with Gasteiger partial charge < -0.3 is 10.4 Å². The average molecular weight is 258 g/mol. The van der Waals surface area contributed by atoms with Gasteiger partial charge in [-0.05, 0) is 30.7 Å². The van der Waals surface area contributed by atoms with E-state index in [0.29, 0.717) is 12.1 Å². The zero-order valence-electron chi connectivity index (χ0n) is 9.09. The monoisotopic (exact) mass is 258 g/mol. The SMILES string of the molecule is NS(=O)(=O)c1ccc(NC(=O)CCCO)cc1. The number of carbonyl (C=O) groups excluding carboxylic acids is 1. The number of benzene rings is 1. The van der Waals surface area contributed by atoms with Crippen molar-refractivity contribution in [1.29, 1.82) is 0 Å². The van der Waals surface area contributed by atoms with Gasteiger partial charge in [-0.3, -0.25) is 4.79 Å². The topological polar surface area (TPSA) is 109 Å². The van der Waals surface area contributed by atoms with E-state index in [1.807, 2.05) is 0 Å². The molecule has 0 aromatic heterocycles. The summed E-state index contributed by atoms with van der Waals surface area (Å²) in [6.45, 7) is -0.0439. The Morgan fingerprint density at radius 1 is 1.29 bits per heavy atom. The molecule has 0 atom stereocenters. The second-order valence-electron chi connectivity index (χ2n) is 3.44. The number of amides is 1. The van der Waals surface area contributed by atoms with Crippen LogP contribution < -0.4 is 10.5 Å². The first kappa shape index (κ1) is 13.6. The molecule has 1 rings (SSSR count). The van der Waals surface area contributed by atoms with Crippen LogP contribution in [0.25, 0.3) is 0 Å². The van der Waals surface area contributed by atoms with Crippen LogP contribution in [0.1, 0.15) is 12.8 Å². The van der Waals surface area contributed by atoms with Crippen LogP contribution in [0.15, 0.2) is 29.2 Å². The maximum Gasteiger partial charge on any atom is 0.238 e. The minimum atomic E-state index is -3.71. The molecule has 94 valence electrons. The van der Waals surface area contributed by atoms with Crippen LogP contribution in [0.4, 0.5) is 5.69 Å². The summed E-state index contributed by atoms with van der Waals surface area (Å²) >= 11 is 0. The molecule has 0 bridgehead atoms. The number of nitrogens with two attached hydrogens (primary N) is 1. The number of anilines is 1. The summed E-state index contributed by atoms with van der Waals surface area (Å²) in [6, 6.07) is 5.54. The third-order valence-electron chi connectivity index (χ3n) is 2.03. The summed E-state index contributed by atoms with van der Waals surface area (Å²) in [5.41, 5.74) is 0.486. The van der Waals surface area contributed by atoms with Crippen molar-refractivity contribution in [3.8, 4) is 0 Å². The third kappa shape index (κ3) is 4.51. The van der Waals surface area contributed by atoms with E-state index in [2.05, 4.69) is 5.32 Å². The molecule has 0 aliphatic carbocycles. The zero-order chi connectivity index (χ0) is 12.9. The van der Waals surface area contributed by atoms with Gasteiger partial charge in [-0.2, -0.15) is 0 Å². The normalized spacial score (nSPS) is 11.2. The number of sulfonamides is 1. The maximum absolute atomic E-state index is 11.3. The molecule has 1 aromatic rings. The van der Waals surface area contributed by atoms with E-state index in [1.54, 1.807) is 0 Å². The summed E-state index contributed by atoms with van der Waals surface area (Å²) in [6.07, 6.45) is 0.606. The van der Waals surface area contributed by atoms with Gasteiger partial charge in [0, 0.05) is 18.7 Å². The molecule has 6 nitrogen and oxygen atoms in total. The number of aliphatic hydroxyl groups excluding tert-OH is 1. The molecule has 0 saturated carbocycles. The fourth-order valence-electron chi connectivity index (χ4n) is 1.19. The Labute approximate surface area is 99.5 Å². The lowest BCUT2D eigenvalue weighted by Gasteiger charge is -2.05. The van der Waals surface area contributed by atoms with E-state index in [1.165, 1.54) is 24.3 Å². The first-order valence-corrected chi connectivity index (χ1v) is 6.51. The lowest BCUT2D eigenvalue weighted by atomic mass is 10.3. The van der Waals surface area contributed by atoms with Crippen LogP contribution in [-0.4, -0.2) is 26.0 Å². The number of primary sulfonamides is 1. The maximum atomic E-state index is 11.3. The van der Waals surface area contributed by atoms with E-state index in [0.717, 1.165) is 0 Å². The Morgan fingerprint density at radius 3 is 2.35 bits per heavy atom. The Kier molecular flexibility index (Phi) is 4.62. The molecule has 4 N–H and O–H groups in total. The standard InChI is InChI=1S/C10H14N2O4S/c11-17(15,16)9-5-3-8(4-6-9)12-10(14)2-1-7-13/h3-6,13H,1-2,7H2,(H,12,14)(H2,11,15,16). The predicted octanol–water partition coefficient (Wildman–Crippen LogP) is 0.0450. The van der Waals surface area contributed by atoms with Crippen LogP contribution in [0, 0.1) is 0 Å². The highest BCUT2D eigenvalue weighted by Crippen LogP contribution is 2.12. The van der Waals surface area contributed by atoms with E-state index < -0.39 is 10.0 Å². The summed E-state index contributed by atoms with van der Waals surface area (Å²) in [7, 11) is -3.71. The molecule has 0 heterocycles. The van der Waals surface area contributed by atoms with Crippen LogP contribution in [0.2, 0.25) is 0 Å². The highest BCUT2D eigenvalue weighted by molar-refractivity contribution is 7.89. The highest BCUT2D eigenvalue weighted by Gasteiger charge is 2.07. The summed E-state index contributed by atoms with van der Waals surface area (Å²) < 4.78 is 21.9. The molecule has 1 aromatic carbocycles. The van der Waals surface area contributed by atoms with Gasteiger partial charge in [0.1, 0.15) is 0 Å². The third-order valence-corrected chi connectivity index (χ3v) is 2.96. The summed E-state index contributed by atoms with van der Waals surface area (Å²) in [5.74, 6) is -0.234. The first-order valence-electron chi connectivity index (χ1n) is 4.97. The Hall–Kier alpha value is -1.44. The quantitative estimate of drug-likeness (QED) is 0.692. The van der Waals surface area contributed by atoms with E-state index >= 15 is 0 Å². The minimum Gasteiger partial charge on any atom is -0.396 e. The molecule has 7 heteroatoms. The van der Waals surface area contributed by atoms with Gasteiger partial charge in [-0.1, -0.05) is 0 Å². The van der Waals surface area contributed by atoms with Gasteiger partial charge >= 0.3 is 0 Å². The van der Waals surface area contributed by atoms with Crippen molar-refractivity contribution in [2.75, 3.05) is 11.9 Å². The van der Waals surface area contributed by atoms with Crippen LogP contribution in [-0.2, 0) is 14.8 Å². The zero-order valence-corrected chi connectivity index (χ0v) is 9.90. The Bertz CT molecular complexity index is 482. The largest absolute Gasteiger partial charge is 0.396 e. The van der Waals surface area contributed by atoms with Gasteiger partial charge in [-0.15, -0.1) is 0 Å². The minimum absolute atomic E-state index is 0.00847. The molecule has 0 aliphatic rings. The number of hydrogen-bond donors (Lipinski definition) is 3. The average Bonchev–Trinajstić information content (AvgIpc) is 2.26. The van der Waals surface area contributed by atoms with E-state index in [9.17, 15) is 13.2 Å². The molecular weight excluding hydrogens is 244 g/mol. The number of hydrogen-bond acceptors (Lipinski definition) is 4. The molecule has 0 aliphatic heterocycles. The fourth-order valence-corrected chi connectivity index (χ4v) is 1.71. The Morgan fingerprint density at radius 2 is 1.88 bits per heavy atom. The van der Waals surface area contributed by atoms with E-state index in [4.69, 9.17) is 10.2 Å². The predicted molar refractivity (Wildman–Crippen MR) is 62.8 cm³/mol. The molecule has 17 heavy (non-hydrogen) atoms. The molecule has 0 unspecified atom stereocenters. The summed E-state index contributed by atoms with van der Waals surface area (Å²) in [5, 5.41) is 16.0. The molecule has 0 fully saturated rings. The van der Waals surface area contributed by atoms with E-state index in [-0.39, 0.29) is 23.8 Å². The van der Waals surface area contributed by atoms with Gasteiger partial charge in [0.05, 0.1) is 4.90 Å². The highest BCUT2D eigenvalue weighted by atomic mass is 32.2. The van der Waals surface area contributed by atoms with Crippen LogP contribution in [0.5, 0.6) is 0 Å². The molecule has 0 radical (unpaired) electrons. The smallest absolute Gasteiger partial charge is 0.238 e. The van der Waals surface area contributed by atoms with Crippen molar-refractivity contribution in [2.24, 2.45) is 5.14 Å². The number of nitrogens with one attached hydrogen (secondary N) is 1. The van der Waals surface area contributed by atoms with Gasteiger partial charge in [0.15, 0.2) is 0 Å². The number of rotatable bonds is 5. The molecule has 0 saturated heterocycles. The second-order valence-corrected chi connectivity index (χ2v) is 5.01. The van der Waals surface area contributed by atoms with Crippen molar-refractivity contribution in [3.05, 3.63) is 24.3 Å². The second kappa shape index (κ2) is 5.76. The fraction of sp³-hybridized carbons (Fsp3) is 0.300. The van der Waals surface area contributed by atoms with Crippen molar-refractivity contribution in [3.63, 3.8) is 0 Å². The van der Waals surface area contributed by atoms with Gasteiger partial charge in [0.25, 0.3) is 0 Å². The Balaban J connectivity index is 2.66. The lowest BCUT2D eigenvalue weighted by molar-refractivity contribution is -0.116. The number of carbonyl (C=O) groups is 1. The molecule has 1 amide bonds. The van der Waals surface area contributed by atoms with Crippen LogP contribution in [0.3, 0.4) is 0 Å². The van der Waals surface area contributed by atoms with Gasteiger partial charge in [-0.25, -0.2) is 13.6 Å². The summed E-state index contributed by atoms with van der Waals surface area (Å²) in [4.78, 5) is 11.3. The van der Waals surface area contributed by atoms with Crippen molar-refractivity contribution in [1.82, 2.24) is 0 Å².